The molecule has 0 aliphatic heterocycles. The molecular formula is C21H17ClF3N7O. The van der Waals surface area contributed by atoms with Crippen molar-refractivity contribution in [2.24, 2.45) is 7.05 Å². The molecule has 4 aromatic rings. The Morgan fingerprint density at radius 1 is 1.09 bits per heavy atom. The number of alkyl halides is 3. The number of amides is 1. The van der Waals surface area contributed by atoms with Gasteiger partial charge < -0.3 is 15.2 Å². The molecule has 8 nitrogen and oxygen atoms in total. The highest BCUT2D eigenvalue weighted by atomic mass is 35.5. The van der Waals surface area contributed by atoms with E-state index in [2.05, 4.69) is 30.6 Å². The number of aromatic nitrogens is 5. The Labute approximate surface area is 190 Å². The van der Waals surface area contributed by atoms with Gasteiger partial charge in [0.2, 0.25) is 0 Å². The van der Waals surface area contributed by atoms with E-state index in [1.165, 1.54) is 24.7 Å². The van der Waals surface area contributed by atoms with Crippen LogP contribution in [0.25, 0.3) is 11.0 Å². The molecule has 1 amide bonds. The Balaban J connectivity index is 1.44. The summed E-state index contributed by atoms with van der Waals surface area (Å²) in [6.07, 6.45) is 1.37. The van der Waals surface area contributed by atoms with E-state index < -0.39 is 28.7 Å². The molecule has 0 saturated carbocycles. The van der Waals surface area contributed by atoms with Gasteiger partial charge in [0.25, 0.3) is 5.91 Å². The van der Waals surface area contributed by atoms with Crippen LogP contribution in [0, 0.1) is 0 Å². The molecule has 3 heterocycles. The van der Waals surface area contributed by atoms with Gasteiger partial charge in [0.15, 0.2) is 0 Å². The fourth-order valence-electron chi connectivity index (χ4n) is 3.09. The predicted octanol–water partition coefficient (Wildman–Crippen LogP) is 4.67. The normalized spacial score (nSPS) is 12.5. The topological polar surface area (TPSA) is 97.6 Å². The van der Waals surface area contributed by atoms with Crippen molar-refractivity contribution in [2.45, 2.75) is 19.1 Å². The Morgan fingerprint density at radius 3 is 2.58 bits per heavy atom. The van der Waals surface area contributed by atoms with Gasteiger partial charge in [0.05, 0.1) is 52.8 Å². The van der Waals surface area contributed by atoms with Gasteiger partial charge in [-0.1, -0.05) is 11.6 Å². The van der Waals surface area contributed by atoms with Gasteiger partial charge in [-0.05, 0) is 31.2 Å². The van der Waals surface area contributed by atoms with E-state index >= 15 is 0 Å². The monoisotopic (exact) mass is 475 g/mol. The second-order valence-electron chi connectivity index (χ2n) is 7.25. The molecule has 3 aromatic heterocycles. The summed E-state index contributed by atoms with van der Waals surface area (Å²) in [6, 6.07) is 4.61. The van der Waals surface area contributed by atoms with Crippen molar-refractivity contribution < 1.29 is 18.0 Å². The number of halogens is 4. The Morgan fingerprint density at radius 2 is 1.88 bits per heavy atom. The number of anilines is 2. The van der Waals surface area contributed by atoms with Gasteiger partial charge in [-0.15, -0.1) is 0 Å². The van der Waals surface area contributed by atoms with E-state index in [0.29, 0.717) is 11.2 Å². The summed E-state index contributed by atoms with van der Waals surface area (Å²) in [5.41, 5.74) is 1.35. The smallest absolute Gasteiger partial charge is 0.343 e. The van der Waals surface area contributed by atoms with Crippen LogP contribution in [0.1, 0.15) is 34.7 Å². The van der Waals surface area contributed by atoms with Crippen LogP contribution in [0.15, 0.2) is 49.2 Å². The van der Waals surface area contributed by atoms with Crippen molar-refractivity contribution in [1.82, 2.24) is 29.8 Å². The fourth-order valence-corrected chi connectivity index (χ4v) is 3.32. The summed E-state index contributed by atoms with van der Waals surface area (Å²) < 4.78 is 40.9. The summed E-state index contributed by atoms with van der Waals surface area (Å²) in [6.45, 7) is 1.73. The van der Waals surface area contributed by atoms with Gasteiger partial charge in [-0.3, -0.25) is 9.78 Å². The minimum atomic E-state index is -4.58. The summed E-state index contributed by atoms with van der Waals surface area (Å²) in [7, 11) is 1.82. The first-order chi connectivity index (χ1) is 15.6. The number of hydrogen-bond acceptors (Lipinski definition) is 6. The number of aryl methyl sites for hydroxylation is 1. The first kappa shape index (κ1) is 22.5. The lowest BCUT2D eigenvalue weighted by atomic mass is 10.2. The lowest BCUT2D eigenvalue weighted by Crippen LogP contribution is -2.28. The average molecular weight is 476 g/mol. The van der Waals surface area contributed by atoms with E-state index in [0.717, 1.165) is 17.6 Å². The van der Waals surface area contributed by atoms with Gasteiger partial charge in [-0.25, -0.2) is 15.0 Å². The van der Waals surface area contributed by atoms with E-state index in [4.69, 9.17) is 11.6 Å². The highest BCUT2D eigenvalue weighted by molar-refractivity contribution is 6.31. The summed E-state index contributed by atoms with van der Waals surface area (Å²) in [5.74, 6) is -0.161. The highest BCUT2D eigenvalue weighted by Gasteiger charge is 2.33. The molecule has 12 heteroatoms. The van der Waals surface area contributed by atoms with Crippen molar-refractivity contribution in [3.63, 3.8) is 0 Å². The van der Waals surface area contributed by atoms with Crippen LogP contribution in [0.3, 0.4) is 0 Å². The highest BCUT2D eigenvalue weighted by Crippen LogP contribution is 2.36. The number of imidazole rings is 1. The third-order valence-corrected chi connectivity index (χ3v) is 5.18. The molecule has 0 bridgehead atoms. The largest absolute Gasteiger partial charge is 0.417 e. The third-order valence-electron chi connectivity index (χ3n) is 4.85. The molecule has 0 aliphatic carbocycles. The third kappa shape index (κ3) is 4.87. The fraction of sp³-hybridized carbons (Fsp3) is 0.190. The molecule has 1 atom stereocenters. The number of benzene rings is 1. The maximum atomic E-state index is 13.0. The Hall–Kier alpha value is -3.73. The first-order valence-electron chi connectivity index (χ1n) is 9.65. The van der Waals surface area contributed by atoms with Crippen LogP contribution >= 0.6 is 11.6 Å². The predicted molar refractivity (Wildman–Crippen MR) is 116 cm³/mol. The summed E-state index contributed by atoms with van der Waals surface area (Å²) in [5, 5.41) is 5.16. The molecule has 170 valence electrons. The van der Waals surface area contributed by atoms with Crippen molar-refractivity contribution in [1.29, 1.82) is 0 Å². The summed E-state index contributed by atoms with van der Waals surface area (Å²) >= 11 is 5.64. The van der Waals surface area contributed by atoms with E-state index in [1.807, 2.05) is 7.05 Å². The average Bonchev–Trinajstić information content (AvgIpc) is 3.15. The second kappa shape index (κ2) is 8.66. The van der Waals surface area contributed by atoms with E-state index in [9.17, 15) is 18.0 Å². The SMILES string of the molecule is CC(NC(=O)c1cc2c(cn1)ncn2C)c1cnc(Nc2ccc(Cl)c(C(F)(F)F)c2)cn1. The number of carbonyl (C=O) groups excluding carboxylic acids is 1. The van der Waals surface area contributed by atoms with Crippen LogP contribution in [0.5, 0.6) is 0 Å². The van der Waals surface area contributed by atoms with Crippen LogP contribution in [0.4, 0.5) is 24.7 Å². The maximum absolute atomic E-state index is 13.0. The molecule has 1 aromatic carbocycles. The van der Waals surface area contributed by atoms with Crippen molar-refractivity contribution in [3.8, 4) is 0 Å². The number of pyridine rings is 1. The number of nitrogens with one attached hydrogen (secondary N) is 2. The van der Waals surface area contributed by atoms with E-state index in [1.54, 1.807) is 23.9 Å². The summed E-state index contributed by atoms with van der Waals surface area (Å²) in [4.78, 5) is 29.3. The number of hydrogen-bond donors (Lipinski definition) is 2. The van der Waals surface area contributed by atoms with Gasteiger partial charge in [0, 0.05) is 12.7 Å². The van der Waals surface area contributed by atoms with Crippen molar-refractivity contribution in [3.05, 3.63) is 71.2 Å². The van der Waals surface area contributed by atoms with Crippen LogP contribution in [0.2, 0.25) is 5.02 Å². The van der Waals surface area contributed by atoms with E-state index in [-0.39, 0.29) is 17.2 Å². The molecule has 0 spiro atoms. The van der Waals surface area contributed by atoms with Gasteiger partial charge >= 0.3 is 6.18 Å². The molecule has 4 rings (SSSR count). The second-order valence-corrected chi connectivity index (χ2v) is 7.66. The minimum absolute atomic E-state index is 0.159. The van der Waals surface area contributed by atoms with Gasteiger partial charge in [0.1, 0.15) is 17.0 Å². The molecule has 1 unspecified atom stereocenters. The lowest BCUT2D eigenvalue weighted by molar-refractivity contribution is -0.137. The molecule has 0 aliphatic rings. The molecule has 33 heavy (non-hydrogen) atoms. The molecule has 0 radical (unpaired) electrons. The van der Waals surface area contributed by atoms with Crippen molar-refractivity contribution >= 4 is 40.0 Å². The maximum Gasteiger partial charge on any atom is 0.417 e. The number of fused-ring (bicyclic) bond motifs is 1. The quantitative estimate of drug-likeness (QED) is 0.435. The van der Waals surface area contributed by atoms with Crippen LogP contribution in [-0.4, -0.2) is 30.4 Å². The van der Waals surface area contributed by atoms with Gasteiger partial charge in [-0.2, -0.15) is 13.2 Å². The van der Waals surface area contributed by atoms with Crippen LogP contribution < -0.4 is 10.6 Å². The first-order valence-corrected chi connectivity index (χ1v) is 10.0. The molecule has 0 saturated heterocycles. The minimum Gasteiger partial charge on any atom is -0.343 e. The lowest BCUT2D eigenvalue weighted by Gasteiger charge is -2.14. The zero-order valence-corrected chi connectivity index (χ0v) is 18.1. The Bertz CT molecular complexity index is 1320. The zero-order chi connectivity index (χ0) is 23.8. The molecular weight excluding hydrogens is 459 g/mol. The Kier molecular flexibility index (Phi) is 5.90. The number of nitrogens with zero attached hydrogens (tertiary/aromatic N) is 5. The number of carbonyl (C=O) groups is 1. The van der Waals surface area contributed by atoms with Crippen molar-refractivity contribution in [2.75, 3.05) is 5.32 Å². The molecule has 2 N–H and O–H groups in total. The van der Waals surface area contributed by atoms with Crippen LogP contribution in [-0.2, 0) is 13.2 Å². The number of rotatable bonds is 5. The zero-order valence-electron chi connectivity index (χ0n) is 17.4. The molecule has 0 fully saturated rings. The standard InChI is InChI=1S/C21H17ClF3N7O/c1-11(30-20(33)15-6-18-17(8-26-15)29-10-32(18)2)16-7-28-19(9-27-16)31-12-3-4-14(22)13(5-12)21(23,24)25/h3-11H,1-2H3,(H,28,31)(H,30,33).